The number of carbonyl (C=O) groups is 2. The zero-order valence-electron chi connectivity index (χ0n) is 17.5. The molecule has 2 fully saturated rings. The fraction of sp³-hybridized carbons (Fsp3) is 0.545. The Labute approximate surface area is 177 Å². The number of aryl methyl sites for hydroxylation is 1. The predicted octanol–water partition coefficient (Wildman–Crippen LogP) is 1.45. The lowest BCUT2D eigenvalue weighted by Gasteiger charge is -2.42. The number of piperidine rings is 2. The Morgan fingerprint density at radius 1 is 1.10 bits per heavy atom. The summed E-state index contributed by atoms with van der Waals surface area (Å²) in [5.74, 6) is 0.199. The topological polar surface area (TPSA) is 83.4 Å². The number of hydrogen-bond acceptors (Lipinski definition) is 5. The molecule has 2 saturated heterocycles. The van der Waals surface area contributed by atoms with Gasteiger partial charge in [-0.05, 0) is 50.4 Å². The van der Waals surface area contributed by atoms with Crippen molar-refractivity contribution in [2.75, 3.05) is 26.2 Å². The van der Waals surface area contributed by atoms with Gasteiger partial charge in [0.2, 0.25) is 5.91 Å². The standard InChI is InChI=1S/C22H30N6O2/c1-26-20(7-11-25-26)22(30)27-13-8-19(9-14-27)28-12-4-5-17(16-28)21(29)24-15-18-6-2-3-10-23-18/h2-3,6-7,10-11,17,19H,4-5,8-9,12-16H2,1H3,(H,24,29)/t17-/m0/s1. The molecule has 0 aromatic carbocycles. The van der Waals surface area contributed by atoms with Crippen LogP contribution in [0.4, 0.5) is 0 Å². The number of likely N-dealkylation sites (tertiary alicyclic amines) is 2. The van der Waals surface area contributed by atoms with Crippen LogP contribution in [0.15, 0.2) is 36.7 Å². The molecule has 0 bridgehead atoms. The molecule has 0 saturated carbocycles. The number of carbonyl (C=O) groups excluding carboxylic acids is 2. The number of rotatable bonds is 5. The highest BCUT2D eigenvalue weighted by molar-refractivity contribution is 5.92. The minimum Gasteiger partial charge on any atom is -0.350 e. The Morgan fingerprint density at radius 3 is 2.63 bits per heavy atom. The first-order valence-electron chi connectivity index (χ1n) is 10.8. The molecule has 0 radical (unpaired) electrons. The van der Waals surface area contributed by atoms with Gasteiger partial charge in [-0.15, -0.1) is 0 Å². The van der Waals surface area contributed by atoms with Gasteiger partial charge in [-0.25, -0.2) is 0 Å². The highest BCUT2D eigenvalue weighted by Crippen LogP contribution is 2.24. The normalized spacial score (nSPS) is 20.8. The van der Waals surface area contributed by atoms with Gasteiger partial charge < -0.3 is 10.2 Å². The molecule has 8 heteroatoms. The maximum atomic E-state index is 12.7. The summed E-state index contributed by atoms with van der Waals surface area (Å²) in [6, 6.07) is 7.94. The maximum absolute atomic E-state index is 12.7. The van der Waals surface area contributed by atoms with E-state index in [1.807, 2.05) is 23.1 Å². The molecular formula is C22H30N6O2. The number of pyridine rings is 1. The summed E-state index contributed by atoms with van der Waals surface area (Å²) < 4.78 is 1.63. The Bertz CT molecular complexity index is 860. The molecule has 160 valence electrons. The average Bonchev–Trinajstić information content (AvgIpc) is 3.23. The van der Waals surface area contributed by atoms with Crippen LogP contribution < -0.4 is 5.32 Å². The maximum Gasteiger partial charge on any atom is 0.272 e. The molecule has 2 aromatic rings. The van der Waals surface area contributed by atoms with Crippen molar-refractivity contribution in [3.05, 3.63) is 48.0 Å². The molecule has 0 aliphatic carbocycles. The second-order valence-corrected chi connectivity index (χ2v) is 8.24. The van der Waals surface area contributed by atoms with Crippen LogP contribution in [0.3, 0.4) is 0 Å². The lowest BCUT2D eigenvalue weighted by Crippen LogP contribution is -2.51. The van der Waals surface area contributed by atoms with E-state index in [1.165, 1.54) is 0 Å². The molecule has 30 heavy (non-hydrogen) atoms. The third-order valence-corrected chi connectivity index (χ3v) is 6.30. The summed E-state index contributed by atoms with van der Waals surface area (Å²) in [4.78, 5) is 34.0. The summed E-state index contributed by atoms with van der Waals surface area (Å²) in [5, 5.41) is 7.15. The van der Waals surface area contributed by atoms with Gasteiger partial charge in [0.15, 0.2) is 0 Å². The van der Waals surface area contributed by atoms with Crippen LogP contribution in [0.1, 0.15) is 41.9 Å². The monoisotopic (exact) mass is 410 g/mol. The van der Waals surface area contributed by atoms with Crippen molar-refractivity contribution in [2.45, 2.75) is 38.3 Å². The van der Waals surface area contributed by atoms with Crippen LogP contribution in [0, 0.1) is 5.92 Å². The molecular weight excluding hydrogens is 380 g/mol. The zero-order valence-corrected chi connectivity index (χ0v) is 17.5. The van der Waals surface area contributed by atoms with Gasteiger partial charge in [0.1, 0.15) is 5.69 Å². The molecule has 4 heterocycles. The lowest BCUT2D eigenvalue weighted by molar-refractivity contribution is -0.127. The average molecular weight is 411 g/mol. The molecule has 2 amide bonds. The zero-order chi connectivity index (χ0) is 20.9. The molecule has 4 rings (SSSR count). The van der Waals surface area contributed by atoms with Crippen molar-refractivity contribution in [3.63, 3.8) is 0 Å². The van der Waals surface area contributed by atoms with Crippen LogP contribution in [-0.4, -0.2) is 68.6 Å². The Balaban J connectivity index is 1.26. The first-order valence-corrected chi connectivity index (χ1v) is 10.8. The highest BCUT2D eigenvalue weighted by atomic mass is 16.2. The predicted molar refractivity (Wildman–Crippen MR) is 113 cm³/mol. The SMILES string of the molecule is Cn1nccc1C(=O)N1CCC(N2CCC[C@H](C(=O)NCc3ccccn3)C2)CC1. The second-order valence-electron chi connectivity index (χ2n) is 8.24. The van der Waals surface area contributed by atoms with E-state index in [-0.39, 0.29) is 17.7 Å². The minimum absolute atomic E-state index is 0.0246. The van der Waals surface area contributed by atoms with Gasteiger partial charge in [-0.2, -0.15) is 5.10 Å². The van der Waals surface area contributed by atoms with Crippen molar-refractivity contribution >= 4 is 11.8 Å². The minimum atomic E-state index is 0.0246. The highest BCUT2D eigenvalue weighted by Gasteiger charge is 2.33. The Kier molecular flexibility index (Phi) is 6.42. The molecule has 8 nitrogen and oxygen atoms in total. The van der Waals surface area contributed by atoms with Gasteiger partial charge in [0.25, 0.3) is 5.91 Å². The molecule has 0 unspecified atom stereocenters. The van der Waals surface area contributed by atoms with E-state index in [2.05, 4.69) is 20.3 Å². The van der Waals surface area contributed by atoms with Crippen LogP contribution >= 0.6 is 0 Å². The summed E-state index contributed by atoms with van der Waals surface area (Å²) in [6.45, 7) is 3.81. The van der Waals surface area contributed by atoms with Gasteiger partial charge in [-0.1, -0.05) is 6.07 Å². The van der Waals surface area contributed by atoms with Crippen molar-refractivity contribution in [3.8, 4) is 0 Å². The molecule has 1 atom stereocenters. The van der Waals surface area contributed by atoms with Crippen LogP contribution in [0.25, 0.3) is 0 Å². The molecule has 1 N–H and O–H groups in total. The van der Waals surface area contributed by atoms with Crippen molar-refractivity contribution in [1.29, 1.82) is 0 Å². The molecule has 2 aromatic heterocycles. The first kappa shape index (κ1) is 20.5. The molecule has 2 aliphatic rings. The largest absolute Gasteiger partial charge is 0.350 e. The summed E-state index contributed by atoms with van der Waals surface area (Å²) in [7, 11) is 1.80. The number of nitrogens with one attached hydrogen (secondary N) is 1. The van der Waals surface area contributed by atoms with E-state index in [9.17, 15) is 9.59 Å². The Hall–Kier alpha value is -2.74. The van der Waals surface area contributed by atoms with Crippen molar-refractivity contribution < 1.29 is 9.59 Å². The van der Waals surface area contributed by atoms with Crippen LogP contribution in [0.5, 0.6) is 0 Å². The van der Waals surface area contributed by atoms with Gasteiger partial charge in [0.05, 0.1) is 18.2 Å². The second kappa shape index (κ2) is 9.38. The van der Waals surface area contributed by atoms with Crippen molar-refractivity contribution in [2.24, 2.45) is 13.0 Å². The smallest absolute Gasteiger partial charge is 0.272 e. The summed E-state index contributed by atoms with van der Waals surface area (Å²) >= 11 is 0. The quantitative estimate of drug-likeness (QED) is 0.807. The van der Waals surface area contributed by atoms with Gasteiger partial charge >= 0.3 is 0 Å². The van der Waals surface area contributed by atoms with E-state index in [1.54, 1.807) is 30.2 Å². The van der Waals surface area contributed by atoms with Crippen LogP contribution in [0.2, 0.25) is 0 Å². The van der Waals surface area contributed by atoms with E-state index in [4.69, 9.17) is 0 Å². The third kappa shape index (κ3) is 4.70. The molecule has 2 aliphatic heterocycles. The van der Waals surface area contributed by atoms with E-state index in [0.717, 1.165) is 57.6 Å². The fourth-order valence-electron chi connectivity index (χ4n) is 4.56. The first-order chi connectivity index (χ1) is 14.6. The lowest BCUT2D eigenvalue weighted by atomic mass is 9.93. The number of aromatic nitrogens is 3. The van der Waals surface area contributed by atoms with E-state index >= 15 is 0 Å². The van der Waals surface area contributed by atoms with E-state index in [0.29, 0.717) is 18.3 Å². The van der Waals surface area contributed by atoms with Crippen LogP contribution in [-0.2, 0) is 18.4 Å². The molecule has 0 spiro atoms. The Morgan fingerprint density at radius 2 is 1.93 bits per heavy atom. The van der Waals surface area contributed by atoms with Gasteiger partial charge in [-0.3, -0.25) is 24.2 Å². The summed E-state index contributed by atoms with van der Waals surface area (Å²) in [6.07, 6.45) is 7.28. The fourth-order valence-corrected chi connectivity index (χ4v) is 4.56. The van der Waals surface area contributed by atoms with Crippen molar-refractivity contribution in [1.82, 2.24) is 29.9 Å². The summed E-state index contributed by atoms with van der Waals surface area (Å²) in [5.41, 5.74) is 1.51. The number of amides is 2. The third-order valence-electron chi connectivity index (χ3n) is 6.30. The number of nitrogens with zero attached hydrogens (tertiary/aromatic N) is 5. The van der Waals surface area contributed by atoms with Gasteiger partial charge in [0, 0.05) is 45.1 Å². The van der Waals surface area contributed by atoms with E-state index < -0.39 is 0 Å². The number of hydrogen-bond donors (Lipinski definition) is 1.